The third-order valence-electron chi connectivity index (χ3n) is 4.33. The molecular formula is C19H21FN2O5S. The van der Waals surface area contributed by atoms with Crippen LogP contribution in [0.15, 0.2) is 47.4 Å². The summed E-state index contributed by atoms with van der Waals surface area (Å²) in [6.07, 6.45) is 0.553. The van der Waals surface area contributed by atoms with E-state index in [-0.39, 0.29) is 30.6 Å². The number of sulfonamides is 1. The van der Waals surface area contributed by atoms with Crippen molar-refractivity contribution in [3.05, 3.63) is 53.8 Å². The van der Waals surface area contributed by atoms with E-state index < -0.39 is 15.8 Å². The normalized spacial score (nSPS) is 13.0. The van der Waals surface area contributed by atoms with Crippen LogP contribution >= 0.6 is 0 Å². The Balaban J connectivity index is 1.44. The molecule has 28 heavy (non-hydrogen) atoms. The van der Waals surface area contributed by atoms with Gasteiger partial charge >= 0.3 is 0 Å². The highest BCUT2D eigenvalue weighted by atomic mass is 32.2. The second-order valence-corrected chi connectivity index (χ2v) is 8.39. The SMILES string of the molecule is CN(CCCC(=O)NCc1ccc2c(c1)OCO2)S(=O)(=O)c1ccc(F)cc1. The molecular weight excluding hydrogens is 387 g/mol. The summed E-state index contributed by atoms with van der Waals surface area (Å²) in [6.45, 7) is 0.718. The van der Waals surface area contributed by atoms with Gasteiger partial charge in [0.25, 0.3) is 0 Å². The number of halogens is 1. The van der Waals surface area contributed by atoms with Crippen LogP contribution in [-0.2, 0) is 21.4 Å². The lowest BCUT2D eigenvalue weighted by Gasteiger charge is -2.17. The molecule has 0 radical (unpaired) electrons. The lowest BCUT2D eigenvalue weighted by Crippen LogP contribution is -2.29. The fraction of sp³-hybridized carbons (Fsp3) is 0.316. The van der Waals surface area contributed by atoms with E-state index in [0.29, 0.717) is 24.5 Å². The van der Waals surface area contributed by atoms with E-state index in [1.807, 2.05) is 12.1 Å². The molecule has 150 valence electrons. The highest BCUT2D eigenvalue weighted by Gasteiger charge is 2.20. The summed E-state index contributed by atoms with van der Waals surface area (Å²) < 4.78 is 49.5. The van der Waals surface area contributed by atoms with Crippen molar-refractivity contribution >= 4 is 15.9 Å². The maximum atomic E-state index is 13.0. The molecule has 3 rings (SSSR count). The quantitative estimate of drug-likeness (QED) is 0.724. The topological polar surface area (TPSA) is 84.9 Å². The molecule has 1 aliphatic heterocycles. The number of hydrogen-bond acceptors (Lipinski definition) is 5. The van der Waals surface area contributed by atoms with Crippen LogP contribution in [0.2, 0.25) is 0 Å². The largest absolute Gasteiger partial charge is 0.454 e. The van der Waals surface area contributed by atoms with Crippen molar-refractivity contribution in [2.24, 2.45) is 0 Å². The van der Waals surface area contributed by atoms with E-state index in [4.69, 9.17) is 9.47 Å². The van der Waals surface area contributed by atoms with Crippen molar-refractivity contribution < 1.29 is 27.1 Å². The smallest absolute Gasteiger partial charge is 0.242 e. The Labute approximate surface area is 163 Å². The second-order valence-electron chi connectivity index (χ2n) is 6.35. The van der Waals surface area contributed by atoms with Gasteiger partial charge in [-0.25, -0.2) is 17.1 Å². The Morgan fingerprint density at radius 2 is 1.86 bits per heavy atom. The molecule has 9 heteroatoms. The standard InChI is InChI=1S/C19H21FN2O5S/c1-22(28(24,25)16-7-5-15(20)6-8-16)10-2-3-19(23)21-12-14-4-9-17-18(11-14)27-13-26-17/h4-9,11H,2-3,10,12-13H2,1H3,(H,21,23). The molecule has 0 unspecified atom stereocenters. The van der Waals surface area contributed by atoms with Crippen molar-refractivity contribution in [2.75, 3.05) is 20.4 Å². The van der Waals surface area contributed by atoms with E-state index in [1.54, 1.807) is 6.07 Å². The van der Waals surface area contributed by atoms with Gasteiger partial charge in [-0.05, 0) is 48.4 Å². The number of amides is 1. The van der Waals surface area contributed by atoms with E-state index in [0.717, 1.165) is 22.0 Å². The van der Waals surface area contributed by atoms with Gasteiger partial charge in [0.1, 0.15) is 5.82 Å². The first kappa shape index (κ1) is 20.1. The van der Waals surface area contributed by atoms with Crippen LogP contribution in [0.4, 0.5) is 4.39 Å². The van der Waals surface area contributed by atoms with E-state index in [9.17, 15) is 17.6 Å². The van der Waals surface area contributed by atoms with Crippen LogP contribution in [0.1, 0.15) is 18.4 Å². The molecule has 0 bridgehead atoms. The monoisotopic (exact) mass is 408 g/mol. The summed E-state index contributed by atoms with van der Waals surface area (Å²) in [5.41, 5.74) is 0.883. The summed E-state index contributed by atoms with van der Waals surface area (Å²) in [4.78, 5) is 12.0. The Bertz CT molecular complexity index is 947. The molecule has 2 aromatic rings. The maximum Gasteiger partial charge on any atom is 0.242 e. The zero-order valence-corrected chi connectivity index (χ0v) is 16.2. The number of nitrogens with zero attached hydrogens (tertiary/aromatic N) is 1. The Morgan fingerprint density at radius 3 is 2.61 bits per heavy atom. The minimum atomic E-state index is -3.71. The average molecular weight is 408 g/mol. The fourth-order valence-corrected chi connectivity index (χ4v) is 3.92. The molecule has 0 aromatic heterocycles. The molecule has 1 N–H and O–H groups in total. The van der Waals surface area contributed by atoms with Crippen LogP contribution in [0.25, 0.3) is 0 Å². The Hall–Kier alpha value is -2.65. The van der Waals surface area contributed by atoms with Crippen LogP contribution in [-0.4, -0.2) is 39.0 Å². The Morgan fingerprint density at radius 1 is 1.14 bits per heavy atom. The van der Waals surface area contributed by atoms with Gasteiger partial charge in [0.15, 0.2) is 11.5 Å². The number of fused-ring (bicyclic) bond motifs is 1. The van der Waals surface area contributed by atoms with Gasteiger partial charge < -0.3 is 14.8 Å². The van der Waals surface area contributed by atoms with Crippen molar-refractivity contribution in [3.8, 4) is 11.5 Å². The highest BCUT2D eigenvalue weighted by Crippen LogP contribution is 2.32. The summed E-state index contributed by atoms with van der Waals surface area (Å²) >= 11 is 0. The van der Waals surface area contributed by atoms with Crippen molar-refractivity contribution in [2.45, 2.75) is 24.3 Å². The minimum Gasteiger partial charge on any atom is -0.454 e. The number of rotatable bonds is 8. The predicted octanol–water partition coefficient (Wildman–Crippen LogP) is 2.27. The predicted molar refractivity (Wildman–Crippen MR) is 99.9 cm³/mol. The molecule has 0 atom stereocenters. The first-order valence-corrected chi connectivity index (χ1v) is 10.2. The average Bonchev–Trinajstić information content (AvgIpc) is 3.14. The fourth-order valence-electron chi connectivity index (χ4n) is 2.71. The maximum absolute atomic E-state index is 13.0. The van der Waals surface area contributed by atoms with Crippen molar-refractivity contribution in [1.29, 1.82) is 0 Å². The zero-order chi connectivity index (χ0) is 20.1. The lowest BCUT2D eigenvalue weighted by atomic mass is 10.2. The number of benzene rings is 2. The van der Waals surface area contributed by atoms with Gasteiger partial charge in [0.05, 0.1) is 4.90 Å². The Kier molecular flexibility index (Phi) is 6.15. The molecule has 1 aliphatic rings. The third-order valence-corrected chi connectivity index (χ3v) is 6.20. The van der Waals surface area contributed by atoms with Gasteiger partial charge in [-0.1, -0.05) is 6.07 Å². The van der Waals surface area contributed by atoms with Crippen LogP contribution in [0.3, 0.4) is 0 Å². The number of carbonyl (C=O) groups excluding carboxylic acids is 1. The van der Waals surface area contributed by atoms with Crippen molar-refractivity contribution in [1.82, 2.24) is 9.62 Å². The lowest BCUT2D eigenvalue weighted by molar-refractivity contribution is -0.121. The summed E-state index contributed by atoms with van der Waals surface area (Å²) in [7, 11) is -2.27. The second kappa shape index (κ2) is 8.57. The van der Waals surface area contributed by atoms with Gasteiger partial charge in [-0.15, -0.1) is 0 Å². The van der Waals surface area contributed by atoms with Crippen LogP contribution < -0.4 is 14.8 Å². The molecule has 1 heterocycles. The highest BCUT2D eigenvalue weighted by molar-refractivity contribution is 7.89. The van der Waals surface area contributed by atoms with Gasteiger partial charge in [0.2, 0.25) is 22.7 Å². The molecule has 2 aromatic carbocycles. The summed E-state index contributed by atoms with van der Waals surface area (Å²) in [5.74, 6) is 0.658. The number of carbonyl (C=O) groups is 1. The first-order chi connectivity index (χ1) is 13.4. The van der Waals surface area contributed by atoms with Gasteiger partial charge in [-0.3, -0.25) is 4.79 Å². The van der Waals surface area contributed by atoms with E-state index in [1.165, 1.54) is 19.2 Å². The van der Waals surface area contributed by atoms with Crippen molar-refractivity contribution in [3.63, 3.8) is 0 Å². The van der Waals surface area contributed by atoms with Crippen LogP contribution in [0, 0.1) is 5.82 Å². The minimum absolute atomic E-state index is 0.0173. The molecule has 0 spiro atoms. The van der Waals surface area contributed by atoms with E-state index >= 15 is 0 Å². The third kappa shape index (κ3) is 4.79. The molecule has 7 nitrogen and oxygen atoms in total. The zero-order valence-electron chi connectivity index (χ0n) is 15.4. The molecule has 0 aliphatic carbocycles. The number of ether oxygens (including phenoxy) is 2. The summed E-state index contributed by atoms with van der Waals surface area (Å²) in [5, 5.41) is 2.80. The van der Waals surface area contributed by atoms with E-state index in [2.05, 4.69) is 5.32 Å². The molecule has 0 fully saturated rings. The molecule has 1 amide bonds. The number of nitrogens with one attached hydrogen (secondary N) is 1. The first-order valence-electron chi connectivity index (χ1n) is 8.73. The summed E-state index contributed by atoms with van der Waals surface area (Å²) in [6, 6.07) is 10.1. The van der Waals surface area contributed by atoms with Gasteiger partial charge in [-0.2, -0.15) is 0 Å². The van der Waals surface area contributed by atoms with Gasteiger partial charge in [0, 0.05) is 26.6 Å². The number of hydrogen-bond donors (Lipinski definition) is 1. The molecule has 0 saturated heterocycles. The molecule has 0 saturated carbocycles. The van der Waals surface area contributed by atoms with Crippen LogP contribution in [0.5, 0.6) is 11.5 Å².